The van der Waals surface area contributed by atoms with Crippen molar-refractivity contribution >= 4 is 17.8 Å². The highest BCUT2D eigenvalue weighted by Crippen LogP contribution is 2.14. The second kappa shape index (κ2) is 28.6. The minimum Gasteiger partial charge on any atom is -0.480 e. The smallest absolute Gasteiger partial charge is 0.322 e. The summed E-state index contributed by atoms with van der Waals surface area (Å²) in [4.78, 5) is 34.5. The van der Waals surface area contributed by atoms with E-state index in [1.165, 1.54) is 38.5 Å². The molecule has 0 saturated heterocycles. The molecule has 6 heteroatoms. The molecule has 224 valence electrons. The summed E-state index contributed by atoms with van der Waals surface area (Å²) in [5, 5.41) is 11.0. The molecular formula is C33H57NO5. The number of ether oxygens (including phenoxy) is 1. The molecule has 0 saturated carbocycles. The second-order valence-corrected chi connectivity index (χ2v) is 10.3. The summed E-state index contributed by atoms with van der Waals surface area (Å²) in [5.41, 5.74) is 0. The first-order valence-electron chi connectivity index (χ1n) is 15.6. The quantitative estimate of drug-likeness (QED) is 0.0610. The van der Waals surface area contributed by atoms with Gasteiger partial charge in [0.05, 0.1) is 0 Å². The minimum atomic E-state index is -1.03. The van der Waals surface area contributed by atoms with E-state index in [-0.39, 0.29) is 24.5 Å². The van der Waals surface area contributed by atoms with Crippen molar-refractivity contribution in [2.24, 2.45) is 0 Å². The van der Waals surface area contributed by atoms with Gasteiger partial charge >= 0.3 is 11.9 Å². The molecule has 0 aromatic rings. The number of unbranched alkanes of at least 4 members (excludes halogenated alkanes) is 12. The number of hydrogen-bond donors (Lipinski definition) is 2. The van der Waals surface area contributed by atoms with Crippen molar-refractivity contribution in [3.05, 3.63) is 36.5 Å². The lowest BCUT2D eigenvalue weighted by molar-refractivity contribution is -0.147. The predicted molar refractivity (Wildman–Crippen MR) is 162 cm³/mol. The van der Waals surface area contributed by atoms with Gasteiger partial charge in [-0.1, -0.05) is 95.6 Å². The topological polar surface area (TPSA) is 92.7 Å². The first-order valence-corrected chi connectivity index (χ1v) is 15.6. The second-order valence-electron chi connectivity index (χ2n) is 10.3. The van der Waals surface area contributed by atoms with Crippen molar-refractivity contribution in [3.63, 3.8) is 0 Å². The summed E-state index contributed by atoms with van der Waals surface area (Å²) in [6.07, 6.45) is 32.8. The van der Waals surface area contributed by atoms with Crippen LogP contribution in [0.1, 0.15) is 142 Å². The van der Waals surface area contributed by atoms with Crippen molar-refractivity contribution in [1.82, 2.24) is 5.32 Å². The number of aliphatic carboxylic acids is 1. The van der Waals surface area contributed by atoms with Gasteiger partial charge in [-0.05, 0) is 70.3 Å². The van der Waals surface area contributed by atoms with E-state index in [4.69, 9.17) is 9.84 Å². The molecule has 0 bridgehead atoms. The molecule has 1 atom stereocenters. The summed E-state index contributed by atoms with van der Waals surface area (Å²) >= 11 is 0. The molecule has 0 rings (SSSR count). The van der Waals surface area contributed by atoms with E-state index >= 15 is 0 Å². The van der Waals surface area contributed by atoms with Crippen LogP contribution < -0.4 is 5.32 Å². The molecule has 0 radical (unpaired) electrons. The standard InChI is InChI=1S/C33H57NO5/c1-3-5-7-9-10-11-12-13-14-15-16-18-24-28-33(38)39-30(25-21-17-8-6-4-2)26-22-19-20-23-27-31(35)34-29-32(36)37/h7,9,11-12,21,25,30H,3-6,8,10,13-20,22-24,26-29H2,1-2H3,(H,34,35)(H,36,37)/b9-7-,12-11-,25-21-. The number of amides is 1. The number of rotatable bonds is 27. The van der Waals surface area contributed by atoms with E-state index in [9.17, 15) is 14.4 Å². The van der Waals surface area contributed by atoms with Crippen LogP contribution in [0, 0.1) is 0 Å². The van der Waals surface area contributed by atoms with E-state index in [0.29, 0.717) is 12.8 Å². The molecular weight excluding hydrogens is 490 g/mol. The third kappa shape index (κ3) is 28.5. The number of nitrogens with one attached hydrogen (secondary N) is 1. The maximum atomic E-state index is 12.5. The SMILES string of the molecule is CCC/C=C\C/C=C\CCCCCCCC(=O)OC(/C=C\CCCCC)CCCCCCC(=O)NCC(=O)O. The number of carbonyl (C=O) groups excluding carboxylic acids is 2. The monoisotopic (exact) mass is 547 g/mol. The zero-order valence-corrected chi connectivity index (χ0v) is 25.0. The summed E-state index contributed by atoms with van der Waals surface area (Å²) < 4.78 is 5.80. The Labute approximate surface area is 238 Å². The Bertz CT molecular complexity index is 698. The lowest BCUT2D eigenvalue weighted by Crippen LogP contribution is -2.28. The Morgan fingerprint density at radius 2 is 1.31 bits per heavy atom. The van der Waals surface area contributed by atoms with E-state index in [1.807, 2.05) is 0 Å². The zero-order chi connectivity index (χ0) is 28.8. The van der Waals surface area contributed by atoms with Crippen LogP contribution in [0.4, 0.5) is 0 Å². The number of hydrogen-bond acceptors (Lipinski definition) is 4. The highest BCUT2D eigenvalue weighted by molar-refractivity contribution is 5.80. The Balaban J connectivity index is 4.10. The zero-order valence-electron chi connectivity index (χ0n) is 25.0. The van der Waals surface area contributed by atoms with Crippen LogP contribution in [0.2, 0.25) is 0 Å². The van der Waals surface area contributed by atoms with Gasteiger partial charge in [0.25, 0.3) is 0 Å². The molecule has 6 nitrogen and oxygen atoms in total. The Morgan fingerprint density at radius 1 is 0.692 bits per heavy atom. The Kier molecular flexibility index (Phi) is 26.9. The molecule has 0 aliphatic heterocycles. The third-order valence-corrected chi connectivity index (χ3v) is 6.50. The Morgan fingerprint density at radius 3 is 2.03 bits per heavy atom. The van der Waals surface area contributed by atoms with Crippen molar-refractivity contribution < 1.29 is 24.2 Å². The minimum absolute atomic E-state index is 0.104. The lowest BCUT2D eigenvalue weighted by atomic mass is 10.1. The van der Waals surface area contributed by atoms with Gasteiger partial charge in [-0.2, -0.15) is 0 Å². The average Bonchev–Trinajstić information content (AvgIpc) is 2.91. The van der Waals surface area contributed by atoms with Crippen LogP contribution in [0.15, 0.2) is 36.5 Å². The van der Waals surface area contributed by atoms with Gasteiger partial charge in [-0.15, -0.1) is 0 Å². The fourth-order valence-electron chi connectivity index (χ4n) is 4.16. The van der Waals surface area contributed by atoms with Crippen LogP contribution in [-0.2, 0) is 19.1 Å². The molecule has 0 aliphatic carbocycles. The fourth-order valence-corrected chi connectivity index (χ4v) is 4.16. The maximum absolute atomic E-state index is 12.5. The van der Waals surface area contributed by atoms with Gasteiger partial charge in [0.15, 0.2) is 0 Å². The number of carboxylic acids is 1. The molecule has 0 spiro atoms. The highest BCUT2D eigenvalue weighted by atomic mass is 16.5. The van der Waals surface area contributed by atoms with Gasteiger partial charge in [0.2, 0.25) is 5.91 Å². The lowest BCUT2D eigenvalue weighted by Gasteiger charge is -2.15. The number of allylic oxidation sites excluding steroid dienone is 5. The molecule has 2 N–H and O–H groups in total. The molecule has 1 amide bonds. The van der Waals surface area contributed by atoms with Gasteiger partial charge in [0.1, 0.15) is 12.6 Å². The molecule has 0 aromatic carbocycles. The summed E-state index contributed by atoms with van der Waals surface area (Å²) in [5.74, 6) is -1.36. The van der Waals surface area contributed by atoms with Crippen LogP contribution in [0.5, 0.6) is 0 Å². The van der Waals surface area contributed by atoms with Gasteiger partial charge in [0, 0.05) is 12.8 Å². The number of carboxylic acid groups (broad SMARTS) is 1. The van der Waals surface area contributed by atoms with Crippen LogP contribution in [0.25, 0.3) is 0 Å². The molecule has 0 heterocycles. The third-order valence-electron chi connectivity index (χ3n) is 6.50. The summed E-state index contributed by atoms with van der Waals surface area (Å²) in [6, 6.07) is 0. The summed E-state index contributed by atoms with van der Waals surface area (Å²) in [6.45, 7) is 4.06. The largest absolute Gasteiger partial charge is 0.480 e. The van der Waals surface area contributed by atoms with E-state index in [1.54, 1.807) is 0 Å². The van der Waals surface area contributed by atoms with Gasteiger partial charge in [-0.3, -0.25) is 14.4 Å². The number of esters is 1. The van der Waals surface area contributed by atoms with Crippen molar-refractivity contribution in [2.45, 2.75) is 148 Å². The normalized spacial score (nSPS) is 12.5. The van der Waals surface area contributed by atoms with Crippen LogP contribution in [-0.4, -0.2) is 35.6 Å². The molecule has 1 unspecified atom stereocenters. The van der Waals surface area contributed by atoms with Gasteiger partial charge < -0.3 is 15.2 Å². The summed E-state index contributed by atoms with van der Waals surface area (Å²) in [7, 11) is 0. The van der Waals surface area contributed by atoms with Crippen LogP contribution in [0.3, 0.4) is 0 Å². The number of carbonyl (C=O) groups is 3. The first-order chi connectivity index (χ1) is 19.0. The van der Waals surface area contributed by atoms with E-state index in [0.717, 1.165) is 77.0 Å². The molecule has 0 aliphatic rings. The van der Waals surface area contributed by atoms with Gasteiger partial charge in [-0.25, -0.2) is 0 Å². The van der Waals surface area contributed by atoms with E-state index in [2.05, 4.69) is 55.6 Å². The van der Waals surface area contributed by atoms with Crippen molar-refractivity contribution in [1.29, 1.82) is 0 Å². The molecule has 0 fully saturated rings. The highest BCUT2D eigenvalue weighted by Gasteiger charge is 2.11. The van der Waals surface area contributed by atoms with Crippen molar-refractivity contribution in [3.8, 4) is 0 Å². The Hall–Kier alpha value is -2.37. The fraction of sp³-hybridized carbons (Fsp3) is 0.727. The van der Waals surface area contributed by atoms with Crippen molar-refractivity contribution in [2.75, 3.05) is 6.54 Å². The predicted octanol–water partition coefficient (Wildman–Crippen LogP) is 8.61. The van der Waals surface area contributed by atoms with E-state index < -0.39 is 5.97 Å². The molecule has 0 aromatic heterocycles. The maximum Gasteiger partial charge on any atom is 0.322 e. The first kappa shape index (κ1) is 36.6. The average molecular weight is 548 g/mol. The molecule has 39 heavy (non-hydrogen) atoms. The van der Waals surface area contributed by atoms with Crippen LogP contribution >= 0.6 is 0 Å².